The van der Waals surface area contributed by atoms with Gasteiger partial charge in [-0.2, -0.15) is 10.5 Å². The Labute approximate surface area is 111 Å². The molecule has 20 heavy (non-hydrogen) atoms. The summed E-state index contributed by atoms with van der Waals surface area (Å²) in [5.41, 5.74) is -1.69. The number of halogens is 3. The zero-order valence-electron chi connectivity index (χ0n) is 10.1. The largest absolute Gasteiger partial charge is 0.288 e. The number of hydrogen-bond acceptors (Lipinski definition) is 3. The Balaban J connectivity index is 3.00. The first kappa shape index (κ1) is 13.6. The van der Waals surface area contributed by atoms with Crippen molar-refractivity contribution in [2.75, 3.05) is 0 Å². The summed E-state index contributed by atoms with van der Waals surface area (Å²) in [6.07, 6.45) is 1.27. The summed E-state index contributed by atoms with van der Waals surface area (Å²) in [4.78, 5) is 12.0. The van der Waals surface area contributed by atoms with E-state index in [1.807, 2.05) is 0 Å². The van der Waals surface area contributed by atoms with Crippen LogP contribution in [-0.4, -0.2) is 5.78 Å². The summed E-state index contributed by atoms with van der Waals surface area (Å²) in [5, 5.41) is 17.7. The average molecular weight is 274 g/mol. The van der Waals surface area contributed by atoms with Crippen molar-refractivity contribution >= 4 is 11.4 Å². The van der Waals surface area contributed by atoms with Crippen molar-refractivity contribution in [3.05, 3.63) is 51.9 Å². The molecule has 1 aliphatic rings. The van der Waals surface area contributed by atoms with Crippen LogP contribution in [0.2, 0.25) is 0 Å². The van der Waals surface area contributed by atoms with Gasteiger partial charge in [-0.25, -0.2) is 13.2 Å². The van der Waals surface area contributed by atoms with Gasteiger partial charge in [0.15, 0.2) is 23.2 Å². The molecular formula is C14H5F3N2O. The number of carbonyl (C=O) groups is 1. The Bertz CT molecular complexity index is 776. The third-order valence-corrected chi connectivity index (χ3v) is 2.93. The van der Waals surface area contributed by atoms with E-state index in [-0.39, 0.29) is 16.7 Å². The fraction of sp³-hybridized carbons (Fsp3) is 0.0714. The van der Waals surface area contributed by atoms with Crippen LogP contribution in [0, 0.1) is 40.1 Å². The third kappa shape index (κ3) is 1.63. The predicted molar refractivity (Wildman–Crippen MR) is 62.5 cm³/mol. The molecule has 0 saturated carbocycles. The van der Waals surface area contributed by atoms with Gasteiger partial charge in [-0.3, -0.25) is 4.79 Å². The van der Waals surface area contributed by atoms with Crippen LogP contribution in [0.3, 0.4) is 0 Å². The van der Waals surface area contributed by atoms with Gasteiger partial charge in [0.1, 0.15) is 17.7 Å². The van der Waals surface area contributed by atoms with Crippen LogP contribution in [0.25, 0.3) is 5.57 Å². The zero-order valence-corrected chi connectivity index (χ0v) is 10.1. The molecule has 98 valence electrons. The first-order valence-corrected chi connectivity index (χ1v) is 5.41. The van der Waals surface area contributed by atoms with Crippen molar-refractivity contribution in [3.63, 3.8) is 0 Å². The fourth-order valence-electron chi connectivity index (χ4n) is 2.09. The minimum Gasteiger partial charge on any atom is -0.288 e. The lowest BCUT2D eigenvalue weighted by atomic mass is 9.99. The maximum absolute atomic E-state index is 13.7. The van der Waals surface area contributed by atoms with Gasteiger partial charge >= 0.3 is 0 Å². The Morgan fingerprint density at radius 3 is 2.30 bits per heavy atom. The zero-order chi connectivity index (χ0) is 15.0. The predicted octanol–water partition coefficient (Wildman–Crippen LogP) is 3.05. The van der Waals surface area contributed by atoms with E-state index in [2.05, 4.69) is 0 Å². The van der Waals surface area contributed by atoms with E-state index in [1.165, 1.54) is 13.0 Å². The van der Waals surface area contributed by atoms with Crippen LogP contribution in [-0.2, 0) is 0 Å². The lowest BCUT2D eigenvalue weighted by molar-refractivity contribution is 0.103. The maximum atomic E-state index is 13.7. The van der Waals surface area contributed by atoms with E-state index in [4.69, 9.17) is 10.5 Å². The molecule has 0 radical (unpaired) electrons. The quantitative estimate of drug-likeness (QED) is 0.415. The van der Waals surface area contributed by atoms with Gasteiger partial charge in [0.25, 0.3) is 0 Å². The number of ketones is 1. The van der Waals surface area contributed by atoms with Crippen molar-refractivity contribution in [1.29, 1.82) is 10.5 Å². The number of nitriles is 2. The molecule has 0 atom stereocenters. The smallest absolute Gasteiger partial charge is 0.197 e. The number of Topliss-reactive ketones (excluding diaryl/α,β-unsaturated/α-hetero) is 1. The molecule has 0 saturated heterocycles. The molecular weight excluding hydrogens is 269 g/mol. The average Bonchev–Trinajstić information content (AvgIpc) is 2.70. The van der Waals surface area contributed by atoms with Crippen molar-refractivity contribution in [1.82, 2.24) is 0 Å². The molecule has 1 aromatic carbocycles. The third-order valence-electron chi connectivity index (χ3n) is 2.93. The molecule has 0 aromatic heterocycles. The van der Waals surface area contributed by atoms with Crippen LogP contribution in [0.1, 0.15) is 22.8 Å². The summed E-state index contributed by atoms with van der Waals surface area (Å²) in [7, 11) is 0. The highest BCUT2D eigenvalue weighted by Gasteiger charge is 2.37. The molecule has 0 N–H and O–H groups in total. The summed E-state index contributed by atoms with van der Waals surface area (Å²) in [6, 6.07) is 3.74. The molecule has 2 rings (SSSR count). The summed E-state index contributed by atoms with van der Waals surface area (Å²) >= 11 is 0. The number of allylic oxidation sites excluding steroid dienone is 4. The second-order valence-corrected chi connectivity index (χ2v) is 3.91. The minimum atomic E-state index is -1.76. The fourth-order valence-corrected chi connectivity index (χ4v) is 2.09. The van der Waals surface area contributed by atoms with Crippen LogP contribution >= 0.6 is 0 Å². The van der Waals surface area contributed by atoms with Crippen molar-refractivity contribution < 1.29 is 18.0 Å². The van der Waals surface area contributed by atoms with Crippen molar-refractivity contribution in [2.24, 2.45) is 0 Å². The first-order valence-electron chi connectivity index (χ1n) is 5.41. The first-order chi connectivity index (χ1) is 9.47. The SMILES string of the molecule is C/C=C1\C(=O)c2c(cc(F)c(F)c2F)C1=C(C#N)C#N. The molecule has 1 aromatic rings. The highest BCUT2D eigenvalue weighted by molar-refractivity contribution is 6.27. The van der Waals surface area contributed by atoms with E-state index >= 15 is 0 Å². The van der Waals surface area contributed by atoms with E-state index in [9.17, 15) is 18.0 Å². The number of rotatable bonds is 0. The number of nitrogens with zero attached hydrogens (tertiary/aromatic N) is 2. The lowest BCUT2D eigenvalue weighted by Crippen LogP contribution is -2.03. The van der Waals surface area contributed by atoms with E-state index in [0.717, 1.165) is 0 Å². The molecule has 3 nitrogen and oxygen atoms in total. The highest BCUT2D eigenvalue weighted by Crippen LogP contribution is 2.41. The summed E-state index contributed by atoms with van der Waals surface area (Å²) < 4.78 is 40.2. The highest BCUT2D eigenvalue weighted by atomic mass is 19.2. The molecule has 0 amide bonds. The standard InChI is InChI=1S/C14H5F3N2O/c1-2-7-10(6(4-18)5-19)8-3-9(15)12(16)13(17)11(8)14(7)20/h2-3H,1H3/b7-2-. The van der Waals surface area contributed by atoms with Gasteiger partial charge in [0, 0.05) is 16.7 Å². The van der Waals surface area contributed by atoms with Crippen molar-refractivity contribution in [2.45, 2.75) is 6.92 Å². The number of carbonyl (C=O) groups excluding carboxylic acids is 1. The second-order valence-electron chi connectivity index (χ2n) is 3.91. The van der Waals surface area contributed by atoms with Gasteiger partial charge in [-0.1, -0.05) is 6.08 Å². The molecule has 0 spiro atoms. The van der Waals surface area contributed by atoms with E-state index in [0.29, 0.717) is 6.07 Å². The van der Waals surface area contributed by atoms with Crippen LogP contribution < -0.4 is 0 Å². The lowest BCUT2D eigenvalue weighted by Gasteiger charge is -2.03. The van der Waals surface area contributed by atoms with Gasteiger partial charge in [-0.15, -0.1) is 0 Å². The second kappa shape index (κ2) is 4.67. The molecule has 1 aliphatic carbocycles. The Kier molecular flexibility index (Phi) is 3.17. The number of benzene rings is 1. The van der Waals surface area contributed by atoms with Gasteiger partial charge in [0.05, 0.1) is 5.56 Å². The van der Waals surface area contributed by atoms with Crippen molar-refractivity contribution in [3.8, 4) is 12.1 Å². The molecule has 0 unspecified atom stereocenters. The summed E-state index contributed by atoms with van der Waals surface area (Å²) in [5.74, 6) is -5.74. The van der Waals surface area contributed by atoms with Crippen LogP contribution in [0.4, 0.5) is 13.2 Å². The Morgan fingerprint density at radius 2 is 1.80 bits per heavy atom. The molecule has 0 bridgehead atoms. The van der Waals surface area contributed by atoms with Crippen LogP contribution in [0.15, 0.2) is 23.3 Å². The summed E-state index contributed by atoms with van der Waals surface area (Å²) in [6.45, 7) is 1.44. The molecule has 0 fully saturated rings. The molecule has 0 aliphatic heterocycles. The van der Waals surface area contributed by atoms with E-state index in [1.54, 1.807) is 12.1 Å². The number of hydrogen-bond donors (Lipinski definition) is 0. The monoisotopic (exact) mass is 274 g/mol. The topological polar surface area (TPSA) is 64.7 Å². The maximum Gasteiger partial charge on any atom is 0.197 e. The van der Waals surface area contributed by atoms with Crippen LogP contribution in [0.5, 0.6) is 0 Å². The molecule has 0 heterocycles. The molecule has 6 heteroatoms. The number of fused-ring (bicyclic) bond motifs is 1. The normalized spacial score (nSPS) is 15.0. The van der Waals surface area contributed by atoms with Gasteiger partial charge in [-0.05, 0) is 13.0 Å². The Hall–Kier alpha value is -2.86. The minimum absolute atomic E-state index is 0.123. The van der Waals surface area contributed by atoms with E-state index < -0.39 is 34.4 Å². The Morgan fingerprint density at radius 1 is 1.20 bits per heavy atom. The van der Waals surface area contributed by atoms with Gasteiger partial charge in [0.2, 0.25) is 0 Å². The van der Waals surface area contributed by atoms with Gasteiger partial charge < -0.3 is 0 Å².